The number of hydrogen-bond donors (Lipinski definition) is 1. The van der Waals surface area contributed by atoms with Gasteiger partial charge in [0.2, 0.25) is 5.91 Å². The molecule has 0 fully saturated rings. The number of aryl methyl sites for hydroxylation is 1. The number of amides is 1. The molecule has 1 N–H and O–H groups in total. The lowest BCUT2D eigenvalue weighted by Crippen LogP contribution is -3.06. The zero-order valence-corrected chi connectivity index (χ0v) is 16.2. The lowest BCUT2D eigenvalue weighted by atomic mass is 10.1. The van der Waals surface area contributed by atoms with Gasteiger partial charge in [0.15, 0.2) is 5.13 Å². The van der Waals surface area contributed by atoms with Gasteiger partial charge in [-0.1, -0.05) is 42.5 Å². The number of aromatic nitrogens is 1. The van der Waals surface area contributed by atoms with E-state index in [1.54, 1.807) is 11.8 Å². The van der Waals surface area contributed by atoms with E-state index in [9.17, 15) is 4.79 Å². The summed E-state index contributed by atoms with van der Waals surface area (Å²) in [7, 11) is 2.17. The van der Waals surface area contributed by atoms with Crippen LogP contribution in [0.15, 0.2) is 60.0 Å². The summed E-state index contributed by atoms with van der Waals surface area (Å²) in [5, 5.41) is 2.78. The molecule has 0 saturated carbocycles. The average molecular weight is 367 g/mol. The van der Waals surface area contributed by atoms with Gasteiger partial charge < -0.3 is 4.90 Å². The van der Waals surface area contributed by atoms with Crippen LogP contribution >= 0.6 is 11.3 Å². The molecule has 1 unspecified atom stereocenters. The van der Waals surface area contributed by atoms with Gasteiger partial charge in [-0.25, -0.2) is 4.98 Å². The first-order valence-corrected chi connectivity index (χ1v) is 9.58. The topological polar surface area (TPSA) is 37.6 Å². The summed E-state index contributed by atoms with van der Waals surface area (Å²) in [5.74, 6) is -0.0299. The van der Waals surface area contributed by atoms with Gasteiger partial charge in [-0.3, -0.25) is 9.69 Å². The molecule has 1 heterocycles. The highest BCUT2D eigenvalue weighted by Crippen LogP contribution is 2.28. The Hall–Kier alpha value is -2.50. The summed E-state index contributed by atoms with van der Waals surface area (Å²) in [4.78, 5) is 19.9. The van der Waals surface area contributed by atoms with Crippen LogP contribution < -0.4 is 9.80 Å². The Kier molecular flexibility index (Phi) is 5.81. The third-order valence-electron chi connectivity index (χ3n) is 4.30. The molecule has 3 aromatic rings. The quantitative estimate of drug-likeness (QED) is 0.726. The SMILES string of the molecule is CC(=O)N(c1ccccc1)c1nc(C[NH+](C)Cc2ccccc2C)cs1. The van der Waals surface area contributed by atoms with Crippen molar-refractivity contribution in [3.05, 3.63) is 76.8 Å². The number of quaternary nitrogens is 1. The van der Waals surface area contributed by atoms with Gasteiger partial charge in [-0.05, 0) is 24.6 Å². The summed E-state index contributed by atoms with van der Waals surface area (Å²) >= 11 is 1.51. The number of anilines is 2. The van der Waals surface area contributed by atoms with E-state index >= 15 is 0 Å². The van der Waals surface area contributed by atoms with Crippen molar-refractivity contribution in [3.63, 3.8) is 0 Å². The van der Waals surface area contributed by atoms with Crippen molar-refractivity contribution in [2.45, 2.75) is 26.9 Å². The second-order valence-electron chi connectivity index (χ2n) is 6.55. The molecule has 1 aromatic heterocycles. The molecule has 0 saturated heterocycles. The van der Waals surface area contributed by atoms with Crippen molar-refractivity contribution in [1.29, 1.82) is 0 Å². The van der Waals surface area contributed by atoms with Crippen LogP contribution in [0.3, 0.4) is 0 Å². The van der Waals surface area contributed by atoms with E-state index in [4.69, 9.17) is 4.98 Å². The van der Waals surface area contributed by atoms with Crippen LogP contribution in [0.1, 0.15) is 23.7 Å². The molecule has 0 radical (unpaired) electrons. The van der Waals surface area contributed by atoms with Crippen LogP contribution in [0, 0.1) is 6.92 Å². The lowest BCUT2D eigenvalue weighted by Gasteiger charge is -2.18. The summed E-state index contributed by atoms with van der Waals surface area (Å²) < 4.78 is 0. The van der Waals surface area contributed by atoms with Gasteiger partial charge in [0, 0.05) is 17.9 Å². The molecule has 26 heavy (non-hydrogen) atoms. The van der Waals surface area contributed by atoms with E-state index in [1.807, 2.05) is 30.3 Å². The number of benzene rings is 2. The Morgan fingerprint density at radius 1 is 1.08 bits per heavy atom. The molecular formula is C21H24N3OS+. The van der Waals surface area contributed by atoms with Gasteiger partial charge in [-0.2, -0.15) is 0 Å². The van der Waals surface area contributed by atoms with Gasteiger partial charge in [0.1, 0.15) is 18.8 Å². The molecule has 0 aliphatic rings. The smallest absolute Gasteiger partial charge is 0.230 e. The highest BCUT2D eigenvalue weighted by atomic mass is 32.1. The molecule has 2 aromatic carbocycles. The largest absolute Gasteiger partial charge is 0.329 e. The molecule has 0 aliphatic heterocycles. The van der Waals surface area contributed by atoms with Crippen LogP contribution in [0.2, 0.25) is 0 Å². The number of carbonyl (C=O) groups excluding carboxylic acids is 1. The molecule has 134 valence electrons. The Labute approximate surface area is 158 Å². The molecular weight excluding hydrogens is 342 g/mol. The van der Waals surface area contributed by atoms with Crippen molar-refractivity contribution in [2.75, 3.05) is 11.9 Å². The minimum atomic E-state index is -0.0299. The Morgan fingerprint density at radius 2 is 1.77 bits per heavy atom. The normalized spacial score (nSPS) is 12.0. The number of rotatable bonds is 6. The zero-order chi connectivity index (χ0) is 18.5. The first-order chi connectivity index (χ1) is 12.5. The number of thiazole rings is 1. The van der Waals surface area contributed by atoms with Crippen LogP contribution in [-0.2, 0) is 17.9 Å². The van der Waals surface area contributed by atoms with E-state index in [-0.39, 0.29) is 5.91 Å². The first kappa shape index (κ1) is 18.3. The average Bonchev–Trinajstić information content (AvgIpc) is 3.05. The van der Waals surface area contributed by atoms with Crippen LogP contribution in [0.25, 0.3) is 0 Å². The predicted molar refractivity (Wildman–Crippen MR) is 107 cm³/mol. The maximum Gasteiger partial charge on any atom is 0.230 e. The van der Waals surface area contributed by atoms with E-state index in [1.165, 1.54) is 27.4 Å². The molecule has 0 aliphatic carbocycles. The van der Waals surface area contributed by atoms with Gasteiger partial charge >= 0.3 is 0 Å². The molecule has 0 spiro atoms. The fraction of sp³-hybridized carbons (Fsp3) is 0.238. The molecule has 0 bridgehead atoms. The maximum absolute atomic E-state index is 12.1. The Bertz CT molecular complexity index is 876. The minimum Gasteiger partial charge on any atom is -0.329 e. The van der Waals surface area contributed by atoms with Gasteiger partial charge in [-0.15, -0.1) is 11.3 Å². The third kappa shape index (κ3) is 4.36. The van der Waals surface area contributed by atoms with Gasteiger partial charge in [0.25, 0.3) is 0 Å². The first-order valence-electron chi connectivity index (χ1n) is 8.70. The molecule has 5 heteroatoms. The monoisotopic (exact) mass is 366 g/mol. The highest BCUT2D eigenvalue weighted by Gasteiger charge is 2.18. The van der Waals surface area contributed by atoms with Crippen molar-refractivity contribution in [3.8, 4) is 0 Å². The fourth-order valence-electron chi connectivity index (χ4n) is 2.99. The van der Waals surface area contributed by atoms with Crippen molar-refractivity contribution in [2.24, 2.45) is 0 Å². The molecule has 4 nitrogen and oxygen atoms in total. The number of para-hydroxylation sites is 1. The van der Waals surface area contributed by atoms with E-state index in [0.29, 0.717) is 0 Å². The predicted octanol–water partition coefficient (Wildman–Crippen LogP) is 3.35. The number of carbonyl (C=O) groups is 1. The lowest BCUT2D eigenvalue weighted by molar-refractivity contribution is -0.908. The van der Waals surface area contributed by atoms with Crippen molar-refractivity contribution >= 4 is 28.1 Å². The second-order valence-corrected chi connectivity index (χ2v) is 7.39. The van der Waals surface area contributed by atoms with Crippen molar-refractivity contribution < 1.29 is 9.69 Å². The molecule has 1 atom stereocenters. The van der Waals surface area contributed by atoms with Gasteiger partial charge in [0.05, 0.1) is 12.7 Å². The second kappa shape index (κ2) is 8.25. The molecule has 1 amide bonds. The summed E-state index contributed by atoms with van der Waals surface area (Å²) in [6.45, 7) is 5.50. The summed E-state index contributed by atoms with van der Waals surface area (Å²) in [6, 6.07) is 18.1. The standard InChI is InChI=1S/C21H23N3OS/c1-16-9-7-8-10-18(16)13-23(3)14-19-15-26-21(22-19)24(17(2)25)20-11-5-4-6-12-20/h4-12,15H,13-14H2,1-3H3/p+1. The fourth-order valence-corrected chi connectivity index (χ4v) is 3.88. The Balaban J connectivity index is 1.72. The number of nitrogens with zero attached hydrogens (tertiary/aromatic N) is 2. The Morgan fingerprint density at radius 3 is 2.46 bits per heavy atom. The summed E-state index contributed by atoms with van der Waals surface area (Å²) in [5.41, 5.74) is 4.53. The zero-order valence-electron chi connectivity index (χ0n) is 15.4. The molecule has 3 rings (SSSR count). The van der Waals surface area contributed by atoms with E-state index in [0.717, 1.165) is 29.6 Å². The van der Waals surface area contributed by atoms with E-state index in [2.05, 4.69) is 43.6 Å². The van der Waals surface area contributed by atoms with Crippen molar-refractivity contribution in [1.82, 2.24) is 4.98 Å². The summed E-state index contributed by atoms with van der Waals surface area (Å²) in [6.07, 6.45) is 0. The van der Waals surface area contributed by atoms with Crippen LogP contribution in [0.4, 0.5) is 10.8 Å². The van der Waals surface area contributed by atoms with Crippen LogP contribution in [-0.4, -0.2) is 17.9 Å². The maximum atomic E-state index is 12.1. The minimum absolute atomic E-state index is 0.0299. The number of hydrogen-bond acceptors (Lipinski definition) is 3. The third-order valence-corrected chi connectivity index (χ3v) is 5.17. The highest BCUT2D eigenvalue weighted by molar-refractivity contribution is 7.14. The van der Waals surface area contributed by atoms with Crippen LogP contribution in [0.5, 0.6) is 0 Å². The number of nitrogens with one attached hydrogen (secondary N) is 1. The van der Waals surface area contributed by atoms with E-state index < -0.39 is 0 Å².